The molecule has 0 aliphatic rings. The third kappa shape index (κ3) is 1.23. The van der Waals surface area contributed by atoms with Crippen LogP contribution >= 0.6 is 0 Å². The molecule has 0 aliphatic carbocycles. The second-order valence-electron chi connectivity index (χ2n) is 2.76. The zero-order chi connectivity index (χ0) is 9.26. The summed E-state index contributed by atoms with van der Waals surface area (Å²) in [5.41, 5.74) is 12.8. The van der Waals surface area contributed by atoms with Crippen molar-refractivity contribution in [2.45, 2.75) is 6.54 Å². The first-order chi connectivity index (χ1) is 6.33. The highest BCUT2D eigenvalue weighted by Crippen LogP contribution is 2.14. The Morgan fingerprint density at radius 3 is 3.08 bits per heavy atom. The van der Waals surface area contributed by atoms with Gasteiger partial charge in [0.1, 0.15) is 0 Å². The maximum Gasteiger partial charge on any atom is 0.202 e. The summed E-state index contributed by atoms with van der Waals surface area (Å²) >= 11 is 0. The molecule has 0 unspecified atom stereocenters. The van der Waals surface area contributed by atoms with Crippen molar-refractivity contribution >= 4 is 17.1 Å². The molecular weight excluding hydrogens is 166 g/mol. The van der Waals surface area contributed by atoms with E-state index in [4.69, 9.17) is 11.5 Å². The van der Waals surface area contributed by atoms with Gasteiger partial charge in [-0.25, -0.2) is 4.98 Å². The van der Waals surface area contributed by atoms with E-state index in [0.29, 0.717) is 24.7 Å². The summed E-state index contributed by atoms with van der Waals surface area (Å²) in [5.74, 6) is 0.471. The Kier molecular flexibility index (Phi) is 1.86. The Balaban J connectivity index is 2.64. The number of nitrogens with zero attached hydrogens (tertiary/aromatic N) is 3. The molecule has 5 nitrogen and oxygen atoms in total. The predicted octanol–water partition coefficient (Wildman–Crippen LogP) is -0.0278. The summed E-state index contributed by atoms with van der Waals surface area (Å²) in [6, 6.07) is 3.79. The number of hydrogen-bond acceptors (Lipinski definition) is 4. The summed E-state index contributed by atoms with van der Waals surface area (Å²) in [5, 5.41) is 0. The molecular formula is C8H11N5. The van der Waals surface area contributed by atoms with Crippen LogP contribution in [-0.2, 0) is 6.54 Å². The monoisotopic (exact) mass is 177 g/mol. The van der Waals surface area contributed by atoms with E-state index in [9.17, 15) is 0 Å². The minimum Gasteiger partial charge on any atom is -0.369 e. The second-order valence-corrected chi connectivity index (χ2v) is 2.76. The molecule has 2 rings (SSSR count). The summed E-state index contributed by atoms with van der Waals surface area (Å²) in [4.78, 5) is 8.20. The van der Waals surface area contributed by atoms with Gasteiger partial charge in [-0.15, -0.1) is 0 Å². The normalized spacial score (nSPS) is 10.8. The summed E-state index contributed by atoms with van der Waals surface area (Å²) in [7, 11) is 0. The highest BCUT2D eigenvalue weighted by atomic mass is 15.2. The Morgan fingerprint density at radius 2 is 2.31 bits per heavy atom. The molecule has 5 heteroatoms. The summed E-state index contributed by atoms with van der Waals surface area (Å²) in [6.07, 6.45) is 1.70. The fraction of sp³-hybridized carbons (Fsp3) is 0.250. The molecule has 0 atom stereocenters. The van der Waals surface area contributed by atoms with Crippen molar-refractivity contribution in [2.75, 3.05) is 12.3 Å². The minimum atomic E-state index is 0.471. The van der Waals surface area contributed by atoms with E-state index < -0.39 is 0 Å². The molecule has 2 heterocycles. The molecule has 0 saturated carbocycles. The zero-order valence-electron chi connectivity index (χ0n) is 7.14. The van der Waals surface area contributed by atoms with E-state index in [0.717, 1.165) is 5.52 Å². The molecule has 13 heavy (non-hydrogen) atoms. The van der Waals surface area contributed by atoms with Crippen molar-refractivity contribution in [1.82, 2.24) is 14.5 Å². The summed E-state index contributed by atoms with van der Waals surface area (Å²) < 4.78 is 1.86. The first kappa shape index (κ1) is 8.00. The van der Waals surface area contributed by atoms with Crippen molar-refractivity contribution < 1.29 is 0 Å². The van der Waals surface area contributed by atoms with Crippen LogP contribution in [0, 0.1) is 0 Å². The summed E-state index contributed by atoms with van der Waals surface area (Å²) in [6.45, 7) is 1.22. The molecule has 0 fully saturated rings. The van der Waals surface area contributed by atoms with Crippen LogP contribution in [0.1, 0.15) is 0 Å². The standard InChI is InChI=1S/C8H11N5/c9-3-5-13-6-2-1-4-11-7(6)12-8(13)10/h1-2,4H,3,5,9H2,(H2,10,11,12). The second kappa shape index (κ2) is 3.02. The van der Waals surface area contributed by atoms with Crippen LogP contribution < -0.4 is 11.5 Å². The number of anilines is 1. The van der Waals surface area contributed by atoms with Gasteiger partial charge in [0.15, 0.2) is 5.65 Å². The maximum absolute atomic E-state index is 5.70. The third-order valence-electron chi connectivity index (χ3n) is 1.91. The number of aromatic nitrogens is 3. The van der Waals surface area contributed by atoms with E-state index in [2.05, 4.69) is 9.97 Å². The molecule has 2 aromatic heterocycles. The molecule has 0 spiro atoms. The Labute approximate surface area is 75.4 Å². The van der Waals surface area contributed by atoms with Crippen molar-refractivity contribution in [1.29, 1.82) is 0 Å². The van der Waals surface area contributed by atoms with Gasteiger partial charge in [0.2, 0.25) is 5.95 Å². The number of pyridine rings is 1. The van der Waals surface area contributed by atoms with E-state index in [1.165, 1.54) is 0 Å². The molecule has 0 bridgehead atoms. The zero-order valence-corrected chi connectivity index (χ0v) is 7.14. The van der Waals surface area contributed by atoms with E-state index in [-0.39, 0.29) is 0 Å². The molecule has 0 radical (unpaired) electrons. The van der Waals surface area contributed by atoms with Gasteiger partial charge in [-0.05, 0) is 12.1 Å². The van der Waals surface area contributed by atoms with E-state index in [1.807, 2.05) is 16.7 Å². The number of fused-ring (bicyclic) bond motifs is 1. The van der Waals surface area contributed by atoms with Crippen molar-refractivity contribution in [3.63, 3.8) is 0 Å². The predicted molar refractivity (Wildman–Crippen MR) is 51.0 cm³/mol. The van der Waals surface area contributed by atoms with Crippen LogP contribution in [0.3, 0.4) is 0 Å². The van der Waals surface area contributed by atoms with Gasteiger partial charge >= 0.3 is 0 Å². The highest BCUT2D eigenvalue weighted by molar-refractivity contribution is 5.73. The molecule has 0 amide bonds. The van der Waals surface area contributed by atoms with E-state index in [1.54, 1.807) is 6.20 Å². The number of rotatable bonds is 2. The quantitative estimate of drug-likeness (QED) is 0.675. The average molecular weight is 177 g/mol. The molecule has 4 N–H and O–H groups in total. The smallest absolute Gasteiger partial charge is 0.202 e. The highest BCUT2D eigenvalue weighted by Gasteiger charge is 2.06. The van der Waals surface area contributed by atoms with Gasteiger partial charge in [-0.1, -0.05) is 0 Å². The van der Waals surface area contributed by atoms with Gasteiger partial charge in [0, 0.05) is 19.3 Å². The van der Waals surface area contributed by atoms with Gasteiger partial charge in [0.05, 0.1) is 5.52 Å². The lowest BCUT2D eigenvalue weighted by Crippen LogP contribution is -2.11. The first-order valence-corrected chi connectivity index (χ1v) is 4.09. The van der Waals surface area contributed by atoms with Crippen LogP contribution in [0.2, 0.25) is 0 Å². The molecule has 0 aromatic carbocycles. The number of imidazole rings is 1. The number of nitrogens with two attached hydrogens (primary N) is 2. The third-order valence-corrected chi connectivity index (χ3v) is 1.91. The lowest BCUT2D eigenvalue weighted by Gasteiger charge is -2.02. The molecule has 68 valence electrons. The van der Waals surface area contributed by atoms with Crippen LogP contribution in [-0.4, -0.2) is 21.1 Å². The largest absolute Gasteiger partial charge is 0.369 e. The Morgan fingerprint density at radius 1 is 1.46 bits per heavy atom. The molecule has 2 aromatic rings. The maximum atomic E-state index is 5.70. The van der Waals surface area contributed by atoms with E-state index >= 15 is 0 Å². The number of nitrogen functional groups attached to an aromatic ring is 1. The fourth-order valence-corrected chi connectivity index (χ4v) is 1.34. The van der Waals surface area contributed by atoms with Crippen molar-refractivity contribution in [2.24, 2.45) is 5.73 Å². The lowest BCUT2D eigenvalue weighted by atomic mass is 10.4. The SMILES string of the molecule is NCCn1c(N)nc2ncccc21. The molecule has 0 aliphatic heterocycles. The minimum absolute atomic E-state index is 0.471. The Bertz CT molecular complexity index is 419. The van der Waals surface area contributed by atoms with Gasteiger partial charge in [-0.2, -0.15) is 4.98 Å². The van der Waals surface area contributed by atoms with Gasteiger partial charge in [-0.3, -0.25) is 0 Å². The van der Waals surface area contributed by atoms with Crippen LogP contribution in [0.15, 0.2) is 18.3 Å². The van der Waals surface area contributed by atoms with Crippen LogP contribution in [0.4, 0.5) is 5.95 Å². The first-order valence-electron chi connectivity index (χ1n) is 4.09. The molecule has 0 saturated heterocycles. The van der Waals surface area contributed by atoms with Crippen molar-refractivity contribution in [3.05, 3.63) is 18.3 Å². The van der Waals surface area contributed by atoms with Crippen LogP contribution in [0.25, 0.3) is 11.2 Å². The van der Waals surface area contributed by atoms with Gasteiger partial charge in [0.25, 0.3) is 0 Å². The topological polar surface area (TPSA) is 82.8 Å². The van der Waals surface area contributed by atoms with Gasteiger partial charge < -0.3 is 16.0 Å². The van der Waals surface area contributed by atoms with Crippen molar-refractivity contribution in [3.8, 4) is 0 Å². The van der Waals surface area contributed by atoms with Crippen LogP contribution in [0.5, 0.6) is 0 Å². The average Bonchev–Trinajstić information content (AvgIpc) is 2.44. The lowest BCUT2D eigenvalue weighted by molar-refractivity contribution is 0.738. The fourth-order valence-electron chi connectivity index (χ4n) is 1.34. The number of hydrogen-bond donors (Lipinski definition) is 2. The Hall–Kier alpha value is -1.62.